The van der Waals surface area contributed by atoms with E-state index in [4.69, 9.17) is 4.74 Å². The fourth-order valence-electron chi connectivity index (χ4n) is 3.90. The summed E-state index contributed by atoms with van der Waals surface area (Å²) in [4.78, 5) is 14.4. The zero-order valence-corrected chi connectivity index (χ0v) is 14.0. The van der Waals surface area contributed by atoms with Gasteiger partial charge >= 0.3 is 0 Å². The Morgan fingerprint density at radius 2 is 2.22 bits per heavy atom. The zero-order chi connectivity index (χ0) is 15.9. The summed E-state index contributed by atoms with van der Waals surface area (Å²) in [6.45, 7) is 2.25. The second-order valence-electron chi connectivity index (χ2n) is 7.03. The van der Waals surface area contributed by atoms with E-state index >= 15 is 0 Å². The van der Waals surface area contributed by atoms with Gasteiger partial charge in [-0.05, 0) is 30.7 Å². The lowest BCUT2D eigenvalue weighted by Crippen LogP contribution is -2.46. The summed E-state index contributed by atoms with van der Waals surface area (Å²) in [5.74, 6) is 1.09. The summed E-state index contributed by atoms with van der Waals surface area (Å²) in [6, 6.07) is 0. The van der Waals surface area contributed by atoms with Gasteiger partial charge in [0.2, 0.25) is 5.91 Å². The molecule has 5 nitrogen and oxygen atoms in total. The molecular formula is C18H29N3O2. The zero-order valence-electron chi connectivity index (χ0n) is 14.0. The van der Waals surface area contributed by atoms with Crippen molar-refractivity contribution < 1.29 is 9.53 Å². The Morgan fingerprint density at radius 3 is 3.00 bits per heavy atom. The van der Waals surface area contributed by atoms with Crippen LogP contribution in [0.4, 0.5) is 0 Å². The van der Waals surface area contributed by atoms with Gasteiger partial charge in [-0.15, -0.1) is 0 Å². The van der Waals surface area contributed by atoms with Crippen molar-refractivity contribution in [3.8, 4) is 0 Å². The predicted molar refractivity (Wildman–Crippen MR) is 89.0 cm³/mol. The number of carbonyl (C=O) groups is 1. The highest BCUT2D eigenvalue weighted by molar-refractivity contribution is 5.76. The summed E-state index contributed by atoms with van der Waals surface area (Å²) in [7, 11) is 0. The third-order valence-corrected chi connectivity index (χ3v) is 5.22. The first-order chi connectivity index (χ1) is 11.3. The van der Waals surface area contributed by atoms with Gasteiger partial charge in [-0.25, -0.2) is 0 Å². The summed E-state index contributed by atoms with van der Waals surface area (Å²) in [5, 5.41) is 6.75. The number of hydrogen-bond acceptors (Lipinski definition) is 3. The number of morpholine rings is 1. The summed E-state index contributed by atoms with van der Waals surface area (Å²) >= 11 is 0. The highest BCUT2D eigenvalue weighted by atomic mass is 16.5. The molecule has 1 aromatic heterocycles. The van der Waals surface area contributed by atoms with Crippen molar-refractivity contribution in [2.75, 3.05) is 19.7 Å². The molecule has 1 aliphatic carbocycles. The van der Waals surface area contributed by atoms with Crippen molar-refractivity contribution in [3.05, 3.63) is 18.0 Å². The Kier molecular flexibility index (Phi) is 6.08. The van der Waals surface area contributed by atoms with Crippen molar-refractivity contribution >= 4 is 5.91 Å². The van der Waals surface area contributed by atoms with Crippen molar-refractivity contribution in [1.29, 1.82) is 0 Å². The van der Waals surface area contributed by atoms with Crippen LogP contribution in [0.1, 0.15) is 56.9 Å². The van der Waals surface area contributed by atoms with Gasteiger partial charge < -0.3 is 9.64 Å². The Balaban J connectivity index is 1.39. The van der Waals surface area contributed by atoms with Gasteiger partial charge in [-0.1, -0.05) is 32.1 Å². The van der Waals surface area contributed by atoms with Gasteiger partial charge in [-0.2, -0.15) is 5.10 Å². The molecule has 2 fully saturated rings. The number of ether oxygens (including phenoxy) is 1. The van der Waals surface area contributed by atoms with Gasteiger partial charge in [0.05, 0.1) is 18.9 Å². The van der Waals surface area contributed by atoms with E-state index in [-0.39, 0.29) is 12.0 Å². The summed E-state index contributed by atoms with van der Waals surface area (Å²) < 4.78 is 5.92. The van der Waals surface area contributed by atoms with E-state index in [0.717, 1.165) is 38.3 Å². The quantitative estimate of drug-likeness (QED) is 0.877. The molecule has 5 heteroatoms. The Hall–Kier alpha value is -1.36. The topological polar surface area (TPSA) is 58.2 Å². The Bertz CT molecular complexity index is 469. The largest absolute Gasteiger partial charge is 0.375 e. The molecule has 128 valence electrons. The number of H-pyrrole nitrogens is 1. The van der Waals surface area contributed by atoms with Crippen LogP contribution in [0.25, 0.3) is 0 Å². The molecule has 2 heterocycles. The molecule has 1 saturated carbocycles. The number of aromatic amines is 1. The average Bonchev–Trinajstić information content (AvgIpc) is 3.09. The number of nitrogens with zero attached hydrogens (tertiary/aromatic N) is 2. The van der Waals surface area contributed by atoms with E-state index < -0.39 is 0 Å². The monoisotopic (exact) mass is 319 g/mol. The Labute approximate surface area is 138 Å². The van der Waals surface area contributed by atoms with Crippen LogP contribution >= 0.6 is 0 Å². The van der Waals surface area contributed by atoms with Crippen molar-refractivity contribution in [2.24, 2.45) is 5.92 Å². The third kappa shape index (κ3) is 5.06. The number of rotatable bonds is 6. The normalized spacial score (nSPS) is 23.1. The average molecular weight is 319 g/mol. The van der Waals surface area contributed by atoms with E-state index in [2.05, 4.69) is 10.2 Å². The molecule has 1 saturated heterocycles. The number of nitrogens with one attached hydrogen (secondary N) is 1. The Morgan fingerprint density at radius 1 is 1.35 bits per heavy atom. The van der Waals surface area contributed by atoms with Crippen LogP contribution in [0.5, 0.6) is 0 Å². The second-order valence-corrected chi connectivity index (χ2v) is 7.03. The van der Waals surface area contributed by atoms with Crippen LogP contribution in [0, 0.1) is 5.92 Å². The SMILES string of the molecule is O=C(CCCc1cn[nH]c1)N1CCO[C@@H](CC2CCCCC2)C1. The van der Waals surface area contributed by atoms with E-state index in [1.165, 1.54) is 37.7 Å². The number of hydrogen-bond donors (Lipinski definition) is 1. The summed E-state index contributed by atoms with van der Waals surface area (Å²) in [5.41, 5.74) is 1.18. The number of amides is 1. The lowest BCUT2D eigenvalue weighted by atomic mass is 9.85. The molecule has 0 unspecified atom stereocenters. The lowest BCUT2D eigenvalue weighted by Gasteiger charge is -2.35. The maximum atomic E-state index is 12.4. The number of carbonyl (C=O) groups excluding carboxylic acids is 1. The molecule has 1 atom stereocenters. The number of aromatic nitrogens is 2. The van der Waals surface area contributed by atoms with Gasteiger partial charge in [-0.3, -0.25) is 9.89 Å². The van der Waals surface area contributed by atoms with Gasteiger partial charge in [0.15, 0.2) is 0 Å². The number of aryl methyl sites for hydroxylation is 1. The molecule has 0 bridgehead atoms. The molecule has 1 amide bonds. The third-order valence-electron chi connectivity index (χ3n) is 5.22. The minimum Gasteiger partial charge on any atom is -0.375 e. The molecule has 0 radical (unpaired) electrons. The molecule has 2 aliphatic rings. The molecule has 23 heavy (non-hydrogen) atoms. The van der Waals surface area contributed by atoms with Crippen LogP contribution in [0.2, 0.25) is 0 Å². The molecule has 1 N–H and O–H groups in total. The van der Waals surface area contributed by atoms with Crippen molar-refractivity contribution in [2.45, 2.75) is 63.9 Å². The highest BCUT2D eigenvalue weighted by Crippen LogP contribution is 2.29. The first-order valence-electron chi connectivity index (χ1n) is 9.18. The van der Waals surface area contributed by atoms with E-state index in [1.807, 2.05) is 17.3 Å². The molecule has 1 aromatic rings. The van der Waals surface area contributed by atoms with Crippen LogP contribution in [-0.4, -0.2) is 46.8 Å². The molecule has 1 aliphatic heterocycles. The minimum atomic E-state index is 0.254. The maximum absolute atomic E-state index is 12.4. The molecule has 0 aromatic carbocycles. The van der Waals surface area contributed by atoms with E-state index in [1.54, 1.807) is 0 Å². The molecule has 0 spiro atoms. The molecular weight excluding hydrogens is 290 g/mol. The highest BCUT2D eigenvalue weighted by Gasteiger charge is 2.26. The smallest absolute Gasteiger partial charge is 0.222 e. The maximum Gasteiger partial charge on any atom is 0.222 e. The molecule has 3 rings (SSSR count). The van der Waals surface area contributed by atoms with Crippen LogP contribution in [0.15, 0.2) is 12.4 Å². The second kappa shape index (κ2) is 8.48. The summed E-state index contributed by atoms with van der Waals surface area (Å²) in [6.07, 6.45) is 14.4. The van der Waals surface area contributed by atoms with Crippen molar-refractivity contribution in [1.82, 2.24) is 15.1 Å². The fraction of sp³-hybridized carbons (Fsp3) is 0.778. The van der Waals surface area contributed by atoms with Gasteiger partial charge in [0.25, 0.3) is 0 Å². The van der Waals surface area contributed by atoms with E-state index in [0.29, 0.717) is 13.0 Å². The lowest BCUT2D eigenvalue weighted by molar-refractivity contribution is -0.139. The van der Waals surface area contributed by atoms with Crippen LogP contribution in [-0.2, 0) is 16.0 Å². The first kappa shape index (κ1) is 16.5. The predicted octanol–water partition coefficient (Wildman–Crippen LogP) is 2.93. The fourth-order valence-corrected chi connectivity index (χ4v) is 3.90. The van der Waals surface area contributed by atoms with Crippen LogP contribution in [0.3, 0.4) is 0 Å². The van der Waals surface area contributed by atoms with Gasteiger partial charge in [0, 0.05) is 25.7 Å². The minimum absolute atomic E-state index is 0.254. The van der Waals surface area contributed by atoms with Crippen LogP contribution < -0.4 is 0 Å². The van der Waals surface area contributed by atoms with Crippen molar-refractivity contribution in [3.63, 3.8) is 0 Å². The van der Waals surface area contributed by atoms with E-state index in [9.17, 15) is 4.79 Å². The standard InChI is InChI=1S/C18H29N3O2/c22-18(8-4-7-16-12-19-20-13-16)21-9-10-23-17(14-21)11-15-5-2-1-3-6-15/h12-13,15,17H,1-11,14H2,(H,19,20)/t17-/m0/s1. The van der Waals surface area contributed by atoms with Gasteiger partial charge in [0.1, 0.15) is 0 Å². The first-order valence-corrected chi connectivity index (χ1v) is 9.18.